The van der Waals surface area contributed by atoms with E-state index in [0.29, 0.717) is 25.7 Å². The Labute approximate surface area is 111 Å². The van der Waals surface area contributed by atoms with Crippen molar-refractivity contribution in [2.24, 2.45) is 17.6 Å². The molecule has 0 heterocycles. The van der Waals surface area contributed by atoms with Crippen LogP contribution in [0.5, 0.6) is 0 Å². The standard InChI is InChI=1S/C14H28N2O2/c1-4-16(9-10-18-5-2)14(17)12-8-6-7-11(3)13(12)15/h11-13H,4-10,15H2,1-3H3. The van der Waals surface area contributed by atoms with E-state index in [0.717, 1.165) is 25.8 Å². The molecule has 1 fully saturated rings. The van der Waals surface area contributed by atoms with E-state index in [1.54, 1.807) is 0 Å². The highest BCUT2D eigenvalue weighted by Crippen LogP contribution is 2.29. The number of likely N-dealkylation sites (N-methyl/N-ethyl adjacent to an activating group) is 1. The van der Waals surface area contributed by atoms with E-state index in [2.05, 4.69) is 6.92 Å². The first kappa shape index (κ1) is 15.4. The Balaban J connectivity index is 2.53. The Morgan fingerprint density at radius 2 is 2.11 bits per heavy atom. The molecule has 3 unspecified atom stereocenters. The van der Waals surface area contributed by atoms with Crippen molar-refractivity contribution in [3.05, 3.63) is 0 Å². The number of ether oxygens (including phenoxy) is 1. The molecule has 0 aromatic rings. The van der Waals surface area contributed by atoms with E-state index in [1.165, 1.54) is 0 Å². The number of nitrogens with two attached hydrogens (primary N) is 1. The molecule has 1 aliphatic carbocycles. The van der Waals surface area contributed by atoms with Gasteiger partial charge in [0.25, 0.3) is 0 Å². The molecule has 1 rings (SSSR count). The van der Waals surface area contributed by atoms with E-state index in [4.69, 9.17) is 10.5 Å². The quantitative estimate of drug-likeness (QED) is 0.735. The molecule has 3 atom stereocenters. The number of carbonyl (C=O) groups is 1. The lowest BCUT2D eigenvalue weighted by molar-refractivity contribution is -0.138. The molecule has 0 radical (unpaired) electrons. The predicted octanol–water partition coefficient (Wildman–Crippen LogP) is 1.63. The van der Waals surface area contributed by atoms with Gasteiger partial charge in [0.1, 0.15) is 0 Å². The van der Waals surface area contributed by atoms with Gasteiger partial charge in [-0.15, -0.1) is 0 Å². The number of nitrogens with zero attached hydrogens (tertiary/aromatic N) is 1. The first-order valence-electron chi connectivity index (χ1n) is 7.23. The van der Waals surface area contributed by atoms with Gasteiger partial charge in [-0.3, -0.25) is 4.79 Å². The first-order valence-corrected chi connectivity index (χ1v) is 7.23. The van der Waals surface area contributed by atoms with E-state index in [1.807, 2.05) is 18.7 Å². The van der Waals surface area contributed by atoms with E-state index >= 15 is 0 Å². The van der Waals surface area contributed by atoms with Crippen LogP contribution in [-0.4, -0.2) is 43.2 Å². The second-order valence-corrected chi connectivity index (χ2v) is 5.21. The fourth-order valence-corrected chi connectivity index (χ4v) is 2.71. The Kier molecular flexibility index (Phi) is 6.65. The van der Waals surface area contributed by atoms with Crippen LogP contribution in [0.15, 0.2) is 0 Å². The van der Waals surface area contributed by atoms with Gasteiger partial charge < -0.3 is 15.4 Å². The summed E-state index contributed by atoms with van der Waals surface area (Å²) >= 11 is 0. The van der Waals surface area contributed by atoms with E-state index < -0.39 is 0 Å². The number of hydrogen-bond donors (Lipinski definition) is 1. The molecule has 4 nitrogen and oxygen atoms in total. The van der Waals surface area contributed by atoms with Crippen molar-refractivity contribution in [3.63, 3.8) is 0 Å². The number of carbonyl (C=O) groups excluding carboxylic acids is 1. The molecule has 1 saturated carbocycles. The molecule has 0 saturated heterocycles. The lowest BCUT2D eigenvalue weighted by Gasteiger charge is -2.36. The molecular formula is C14H28N2O2. The summed E-state index contributed by atoms with van der Waals surface area (Å²) in [5.74, 6) is 0.685. The Morgan fingerprint density at radius 3 is 2.72 bits per heavy atom. The van der Waals surface area contributed by atoms with Crippen molar-refractivity contribution in [1.82, 2.24) is 4.90 Å². The minimum absolute atomic E-state index is 0.00956. The van der Waals surface area contributed by atoms with Gasteiger partial charge in [0.2, 0.25) is 5.91 Å². The van der Waals surface area contributed by atoms with Gasteiger partial charge >= 0.3 is 0 Å². The minimum Gasteiger partial charge on any atom is -0.380 e. The Morgan fingerprint density at radius 1 is 1.39 bits per heavy atom. The largest absolute Gasteiger partial charge is 0.380 e. The molecule has 0 bridgehead atoms. The van der Waals surface area contributed by atoms with Crippen molar-refractivity contribution >= 4 is 5.91 Å². The molecule has 4 heteroatoms. The maximum atomic E-state index is 12.5. The molecule has 1 aliphatic rings. The fraction of sp³-hybridized carbons (Fsp3) is 0.929. The maximum absolute atomic E-state index is 12.5. The summed E-state index contributed by atoms with van der Waals surface area (Å²) in [6.45, 7) is 8.88. The summed E-state index contributed by atoms with van der Waals surface area (Å²) in [5, 5.41) is 0. The van der Waals surface area contributed by atoms with Crippen LogP contribution in [0.25, 0.3) is 0 Å². The third kappa shape index (κ3) is 3.95. The van der Waals surface area contributed by atoms with Gasteiger partial charge in [-0.05, 0) is 32.6 Å². The van der Waals surface area contributed by atoms with Gasteiger partial charge in [-0.2, -0.15) is 0 Å². The van der Waals surface area contributed by atoms with Crippen molar-refractivity contribution in [2.45, 2.75) is 46.1 Å². The molecule has 0 aliphatic heterocycles. The van der Waals surface area contributed by atoms with Gasteiger partial charge in [-0.25, -0.2) is 0 Å². The zero-order chi connectivity index (χ0) is 13.5. The van der Waals surface area contributed by atoms with Crippen molar-refractivity contribution in [3.8, 4) is 0 Å². The number of amides is 1. The summed E-state index contributed by atoms with van der Waals surface area (Å²) in [5.41, 5.74) is 6.19. The molecule has 0 spiro atoms. The summed E-state index contributed by atoms with van der Waals surface area (Å²) in [4.78, 5) is 14.4. The van der Waals surface area contributed by atoms with Crippen LogP contribution in [0.2, 0.25) is 0 Å². The SMILES string of the molecule is CCOCCN(CC)C(=O)C1CCCC(C)C1N. The molecule has 106 valence electrons. The average Bonchev–Trinajstić information content (AvgIpc) is 2.37. The zero-order valence-corrected chi connectivity index (χ0v) is 12.0. The second kappa shape index (κ2) is 7.74. The van der Waals surface area contributed by atoms with Gasteiger partial charge in [-0.1, -0.05) is 13.3 Å². The van der Waals surface area contributed by atoms with Gasteiger partial charge in [0, 0.05) is 25.7 Å². The summed E-state index contributed by atoms with van der Waals surface area (Å²) in [6, 6.07) is 0.0207. The molecule has 0 aromatic carbocycles. The van der Waals surface area contributed by atoms with Crippen LogP contribution >= 0.6 is 0 Å². The van der Waals surface area contributed by atoms with Gasteiger partial charge in [0.05, 0.1) is 12.5 Å². The molecule has 2 N–H and O–H groups in total. The van der Waals surface area contributed by atoms with Gasteiger partial charge in [0.15, 0.2) is 0 Å². The van der Waals surface area contributed by atoms with Crippen molar-refractivity contribution in [1.29, 1.82) is 0 Å². The van der Waals surface area contributed by atoms with Crippen LogP contribution in [-0.2, 0) is 9.53 Å². The highest BCUT2D eigenvalue weighted by molar-refractivity contribution is 5.79. The third-order valence-corrected chi connectivity index (χ3v) is 4.02. The second-order valence-electron chi connectivity index (χ2n) is 5.21. The van der Waals surface area contributed by atoms with E-state index in [-0.39, 0.29) is 17.9 Å². The molecule has 1 amide bonds. The Hall–Kier alpha value is -0.610. The maximum Gasteiger partial charge on any atom is 0.227 e. The highest BCUT2D eigenvalue weighted by atomic mass is 16.5. The van der Waals surface area contributed by atoms with Crippen LogP contribution < -0.4 is 5.73 Å². The number of hydrogen-bond acceptors (Lipinski definition) is 3. The fourth-order valence-electron chi connectivity index (χ4n) is 2.71. The molecular weight excluding hydrogens is 228 g/mol. The first-order chi connectivity index (χ1) is 8.61. The third-order valence-electron chi connectivity index (χ3n) is 4.02. The zero-order valence-electron chi connectivity index (χ0n) is 12.0. The molecule has 0 aromatic heterocycles. The lowest BCUT2D eigenvalue weighted by atomic mass is 9.77. The van der Waals surface area contributed by atoms with Crippen LogP contribution in [0.4, 0.5) is 0 Å². The monoisotopic (exact) mass is 256 g/mol. The lowest BCUT2D eigenvalue weighted by Crippen LogP contribution is -2.49. The minimum atomic E-state index is 0.00956. The van der Waals surface area contributed by atoms with Crippen LogP contribution in [0.1, 0.15) is 40.0 Å². The van der Waals surface area contributed by atoms with Crippen LogP contribution in [0, 0.1) is 11.8 Å². The van der Waals surface area contributed by atoms with Crippen molar-refractivity contribution in [2.75, 3.05) is 26.3 Å². The predicted molar refractivity (Wildman–Crippen MR) is 73.2 cm³/mol. The molecule has 18 heavy (non-hydrogen) atoms. The Bertz CT molecular complexity index is 258. The normalized spacial score (nSPS) is 28.1. The summed E-state index contributed by atoms with van der Waals surface area (Å²) in [6.07, 6.45) is 3.21. The summed E-state index contributed by atoms with van der Waals surface area (Å²) < 4.78 is 5.33. The average molecular weight is 256 g/mol. The van der Waals surface area contributed by atoms with E-state index in [9.17, 15) is 4.79 Å². The topological polar surface area (TPSA) is 55.6 Å². The summed E-state index contributed by atoms with van der Waals surface area (Å²) in [7, 11) is 0. The van der Waals surface area contributed by atoms with Crippen LogP contribution in [0.3, 0.4) is 0 Å². The smallest absolute Gasteiger partial charge is 0.227 e. The number of rotatable bonds is 6. The highest BCUT2D eigenvalue weighted by Gasteiger charge is 2.34. The van der Waals surface area contributed by atoms with Crippen molar-refractivity contribution < 1.29 is 9.53 Å².